The summed E-state index contributed by atoms with van der Waals surface area (Å²) in [6.07, 6.45) is 5.02. The van der Waals surface area contributed by atoms with Crippen molar-refractivity contribution in [3.8, 4) is 0 Å². The maximum Gasteiger partial charge on any atom is 0.209 e. The van der Waals surface area contributed by atoms with Crippen molar-refractivity contribution in [3.63, 3.8) is 0 Å². The molecule has 0 spiro atoms. The highest BCUT2D eigenvalue weighted by Crippen LogP contribution is 2.33. The summed E-state index contributed by atoms with van der Waals surface area (Å²) in [5.41, 5.74) is 0. The molecule has 0 aliphatic heterocycles. The third-order valence-electron chi connectivity index (χ3n) is 3.10. The minimum absolute atomic E-state index is 0.512. The number of thiophene rings is 1. The Kier molecular flexibility index (Phi) is 4.00. The fraction of sp³-hybridized carbons (Fsp3) is 0.545. The average molecular weight is 345 g/mol. The van der Waals surface area contributed by atoms with Crippen molar-refractivity contribution in [2.75, 3.05) is 0 Å². The third kappa shape index (κ3) is 2.78. The van der Waals surface area contributed by atoms with Gasteiger partial charge in [0, 0.05) is 20.5 Å². The van der Waals surface area contributed by atoms with Gasteiger partial charge in [0.25, 0.3) is 0 Å². The van der Waals surface area contributed by atoms with E-state index in [2.05, 4.69) is 42.9 Å². The fourth-order valence-electron chi connectivity index (χ4n) is 2.22. The number of tetrazole rings is 1. The van der Waals surface area contributed by atoms with Crippen molar-refractivity contribution < 1.29 is 0 Å². The first-order valence-electron chi connectivity index (χ1n) is 5.96. The van der Waals surface area contributed by atoms with Gasteiger partial charge >= 0.3 is 0 Å². The van der Waals surface area contributed by atoms with E-state index < -0.39 is 0 Å². The summed E-state index contributed by atoms with van der Waals surface area (Å²) in [4.78, 5) is 1.34. The molecule has 4 nitrogen and oxygen atoms in total. The van der Waals surface area contributed by atoms with Gasteiger partial charge in [0.2, 0.25) is 5.16 Å². The SMILES string of the molecule is Brc1csc(CSc2nnnn2C2CCCC2)c1. The Labute approximate surface area is 122 Å². The monoisotopic (exact) mass is 344 g/mol. The smallest absolute Gasteiger partial charge is 0.209 e. The normalized spacial score (nSPS) is 16.5. The molecule has 1 saturated carbocycles. The van der Waals surface area contributed by atoms with Gasteiger partial charge in [-0.1, -0.05) is 24.6 Å². The number of thioether (sulfide) groups is 1. The zero-order valence-corrected chi connectivity index (χ0v) is 13.0. The van der Waals surface area contributed by atoms with Crippen LogP contribution in [0.3, 0.4) is 0 Å². The number of rotatable bonds is 4. The highest BCUT2D eigenvalue weighted by molar-refractivity contribution is 9.10. The van der Waals surface area contributed by atoms with Gasteiger partial charge in [-0.15, -0.1) is 16.4 Å². The van der Waals surface area contributed by atoms with Crippen LogP contribution in [0, 0.1) is 0 Å². The zero-order chi connectivity index (χ0) is 12.4. The second kappa shape index (κ2) is 5.71. The second-order valence-electron chi connectivity index (χ2n) is 4.36. The molecule has 0 saturated heterocycles. The zero-order valence-electron chi connectivity index (χ0n) is 9.75. The van der Waals surface area contributed by atoms with E-state index in [1.807, 2.05) is 4.68 Å². The predicted octanol–water partition coefficient (Wildman–Crippen LogP) is 3.90. The Balaban J connectivity index is 1.67. The summed E-state index contributed by atoms with van der Waals surface area (Å²) in [5, 5.41) is 15.2. The van der Waals surface area contributed by atoms with Crippen LogP contribution in [0.2, 0.25) is 0 Å². The molecule has 0 bridgehead atoms. The summed E-state index contributed by atoms with van der Waals surface area (Å²) in [7, 11) is 0. The lowest BCUT2D eigenvalue weighted by molar-refractivity contribution is 0.423. The van der Waals surface area contributed by atoms with Gasteiger partial charge < -0.3 is 0 Å². The van der Waals surface area contributed by atoms with Crippen molar-refractivity contribution in [2.45, 2.75) is 42.6 Å². The Hall–Kier alpha value is -0.400. The first kappa shape index (κ1) is 12.6. The molecule has 0 atom stereocenters. The topological polar surface area (TPSA) is 43.6 Å². The number of aromatic nitrogens is 4. The Morgan fingerprint density at radius 1 is 1.44 bits per heavy atom. The van der Waals surface area contributed by atoms with Crippen LogP contribution in [-0.2, 0) is 5.75 Å². The molecule has 2 aromatic heterocycles. The van der Waals surface area contributed by atoms with Crippen LogP contribution in [0.15, 0.2) is 21.1 Å². The van der Waals surface area contributed by atoms with Crippen molar-refractivity contribution in [1.29, 1.82) is 0 Å². The number of halogens is 1. The molecule has 0 amide bonds. The predicted molar refractivity (Wildman–Crippen MR) is 76.9 cm³/mol. The molecular weight excluding hydrogens is 332 g/mol. The molecule has 0 N–H and O–H groups in total. The van der Waals surface area contributed by atoms with Gasteiger partial charge in [0.05, 0.1) is 6.04 Å². The van der Waals surface area contributed by atoms with Gasteiger partial charge in [0.15, 0.2) is 0 Å². The van der Waals surface area contributed by atoms with E-state index in [0.29, 0.717) is 6.04 Å². The molecule has 2 aromatic rings. The van der Waals surface area contributed by atoms with Gasteiger partial charge in [-0.3, -0.25) is 0 Å². The summed E-state index contributed by atoms with van der Waals surface area (Å²) in [6.45, 7) is 0. The first-order valence-corrected chi connectivity index (χ1v) is 8.62. The molecule has 1 fully saturated rings. The van der Waals surface area contributed by atoms with E-state index in [1.54, 1.807) is 23.1 Å². The molecule has 3 rings (SSSR count). The lowest BCUT2D eigenvalue weighted by atomic mass is 10.3. The third-order valence-corrected chi connectivity index (χ3v) is 5.96. The molecular formula is C11H13BrN4S2. The standard InChI is InChI=1S/C11H13BrN4S2/c12-8-5-10(17-6-8)7-18-11-13-14-15-16(11)9-3-1-2-4-9/h5-6,9H,1-4,7H2. The minimum atomic E-state index is 0.512. The maximum absolute atomic E-state index is 4.14. The van der Waals surface area contributed by atoms with Crippen LogP contribution in [0.25, 0.3) is 0 Å². The quantitative estimate of drug-likeness (QED) is 0.788. The molecule has 0 unspecified atom stereocenters. The van der Waals surface area contributed by atoms with E-state index in [9.17, 15) is 0 Å². The van der Waals surface area contributed by atoms with E-state index in [-0.39, 0.29) is 0 Å². The molecule has 0 aromatic carbocycles. The van der Waals surface area contributed by atoms with Crippen molar-refractivity contribution >= 4 is 39.0 Å². The van der Waals surface area contributed by atoms with Gasteiger partial charge in [-0.05, 0) is 45.3 Å². The Bertz CT molecular complexity index is 519. The number of nitrogens with zero attached hydrogens (tertiary/aromatic N) is 4. The van der Waals surface area contributed by atoms with E-state index in [4.69, 9.17) is 0 Å². The highest BCUT2D eigenvalue weighted by Gasteiger charge is 2.21. The second-order valence-corrected chi connectivity index (χ2v) is 7.22. The van der Waals surface area contributed by atoms with Crippen molar-refractivity contribution in [1.82, 2.24) is 20.2 Å². The van der Waals surface area contributed by atoms with Gasteiger partial charge in [-0.2, -0.15) is 0 Å². The van der Waals surface area contributed by atoms with Crippen LogP contribution in [-0.4, -0.2) is 20.2 Å². The minimum Gasteiger partial charge on any atom is -0.217 e. The molecule has 7 heteroatoms. The van der Waals surface area contributed by atoms with E-state index in [1.165, 1.54) is 30.6 Å². The lowest BCUT2D eigenvalue weighted by Gasteiger charge is -2.10. The first-order chi connectivity index (χ1) is 8.83. The van der Waals surface area contributed by atoms with Gasteiger partial charge in [-0.25, -0.2) is 4.68 Å². The van der Waals surface area contributed by atoms with Crippen LogP contribution < -0.4 is 0 Å². The molecule has 2 heterocycles. The maximum atomic E-state index is 4.14. The summed E-state index contributed by atoms with van der Waals surface area (Å²) in [5.74, 6) is 0.934. The largest absolute Gasteiger partial charge is 0.217 e. The van der Waals surface area contributed by atoms with Crippen LogP contribution >= 0.6 is 39.0 Å². The molecule has 0 radical (unpaired) electrons. The number of hydrogen-bond acceptors (Lipinski definition) is 5. The molecule has 18 heavy (non-hydrogen) atoms. The van der Waals surface area contributed by atoms with Crippen LogP contribution in [0.1, 0.15) is 36.6 Å². The molecule has 96 valence electrons. The summed E-state index contributed by atoms with van der Waals surface area (Å²) >= 11 is 6.96. The summed E-state index contributed by atoms with van der Waals surface area (Å²) < 4.78 is 3.17. The lowest BCUT2D eigenvalue weighted by Crippen LogP contribution is -2.08. The van der Waals surface area contributed by atoms with Crippen LogP contribution in [0.4, 0.5) is 0 Å². The van der Waals surface area contributed by atoms with Crippen molar-refractivity contribution in [3.05, 3.63) is 20.8 Å². The Morgan fingerprint density at radius 3 is 3.00 bits per heavy atom. The van der Waals surface area contributed by atoms with Crippen molar-refractivity contribution in [2.24, 2.45) is 0 Å². The number of hydrogen-bond donors (Lipinski definition) is 0. The fourth-order valence-corrected chi connectivity index (χ4v) is 4.67. The highest BCUT2D eigenvalue weighted by atomic mass is 79.9. The molecule has 1 aliphatic carbocycles. The van der Waals surface area contributed by atoms with E-state index >= 15 is 0 Å². The average Bonchev–Trinajstić information content (AvgIpc) is 3.07. The Morgan fingerprint density at radius 2 is 2.28 bits per heavy atom. The summed E-state index contributed by atoms with van der Waals surface area (Å²) in [6, 6.07) is 2.67. The van der Waals surface area contributed by atoms with Gasteiger partial charge in [0.1, 0.15) is 0 Å². The van der Waals surface area contributed by atoms with Crippen LogP contribution in [0.5, 0.6) is 0 Å². The van der Waals surface area contributed by atoms with E-state index in [0.717, 1.165) is 15.4 Å². The molecule has 1 aliphatic rings.